The summed E-state index contributed by atoms with van der Waals surface area (Å²) in [6, 6.07) is 6.99. The summed E-state index contributed by atoms with van der Waals surface area (Å²) < 4.78 is 10.6. The van der Waals surface area contributed by atoms with Gasteiger partial charge >= 0.3 is 5.97 Å². The zero-order valence-electron chi connectivity index (χ0n) is 9.97. The van der Waals surface area contributed by atoms with Crippen LogP contribution in [-0.2, 0) is 4.79 Å². The van der Waals surface area contributed by atoms with E-state index in [0.717, 1.165) is 0 Å². The van der Waals surface area contributed by atoms with Crippen molar-refractivity contribution < 1.29 is 19.4 Å². The van der Waals surface area contributed by atoms with Gasteiger partial charge in [-0.3, -0.25) is 4.79 Å². The molecule has 0 heterocycles. The van der Waals surface area contributed by atoms with E-state index in [0.29, 0.717) is 18.1 Å². The highest BCUT2D eigenvalue weighted by Gasteiger charge is 2.28. The lowest BCUT2D eigenvalue weighted by Crippen LogP contribution is -2.49. The number of rotatable bonds is 6. The van der Waals surface area contributed by atoms with E-state index in [9.17, 15) is 4.79 Å². The van der Waals surface area contributed by atoms with Gasteiger partial charge in [0.05, 0.1) is 6.61 Å². The summed E-state index contributed by atoms with van der Waals surface area (Å²) in [6.45, 7) is 3.75. The summed E-state index contributed by atoms with van der Waals surface area (Å²) in [4.78, 5) is 10.8. The Bertz CT molecular complexity index is 390. The highest BCUT2D eigenvalue weighted by molar-refractivity contribution is 5.78. The van der Waals surface area contributed by atoms with Crippen molar-refractivity contribution in [1.82, 2.24) is 0 Å². The predicted molar refractivity (Wildman–Crippen MR) is 63.3 cm³/mol. The quantitative estimate of drug-likeness (QED) is 0.781. The van der Waals surface area contributed by atoms with Gasteiger partial charge in [-0.2, -0.15) is 0 Å². The molecule has 1 aromatic rings. The normalized spacial score (nSPS) is 13.8. The summed E-state index contributed by atoms with van der Waals surface area (Å²) in [5.74, 6) is 0.117. The van der Waals surface area contributed by atoms with E-state index in [1.807, 2.05) is 6.92 Å². The Balaban J connectivity index is 2.63. The molecule has 94 valence electrons. The first-order chi connectivity index (χ1) is 7.95. The molecule has 0 fully saturated rings. The Hall–Kier alpha value is -1.75. The number of nitrogens with two attached hydrogens (primary N) is 1. The van der Waals surface area contributed by atoms with Gasteiger partial charge in [0.2, 0.25) is 0 Å². The van der Waals surface area contributed by atoms with Crippen molar-refractivity contribution in [2.45, 2.75) is 19.4 Å². The van der Waals surface area contributed by atoms with Crippen LogP contribution in [0.1, 0.15) is 13.8 Å². The molecule has 1 rings (SSSR count). The fourth-order valence-corrected chi connectivity index (χ4v) is 1.12. The summed E-state index contributed by atoms with van der Waals surface area (Å²) >= 11 is 0. The van der Waals surface area contributed by atoms with E-state index < -0.39 is 11.5 Å². The standard InChI is InChI=1S/C12H17NO4/c1-3-16-9-5-4-6-10(7-9)17-8-12(2,13)11(14)15/h4-7H,3,8,13H2,1-2H3,(H,14,15). The Morgan fingerprint density at radius 1 is 1.41 bits per heavy atom. The second kappa shape index (κ2) is 5.54. The minimum atomic E-state index is -1.40. The number of ether oxygens (including phenoxy) is 2. The lowest BCUT2D eigenvalue weighted by Gasteiger charge is -2.19. The fourth-order valence-electron chi connectivity index (χ4n) is 1.12. The fraction of sp³-hybridized carbons (Fsp3) is 0.417. The molecular formula is C12H17NO4. The minimum absolute atomic E-state index is 0.0993. The third kappa shape index (κ3) is 3.96. The van der Waals surface area contributed by atoms with Crippen molar-refractivity contribution in [1.29, 1.82) is 0 Å². The van der Waals surface area contributed by atoms with E-state index in [-0.39, 0.29) is 6.61 Å². The van der Waals surface area contributed by atoms with Crippen LogP contribution in [0.2, 0.25) is 0 Å². The van der Waals surface area contributed by atoms with Gasteiger partial charge in [0.25, 0.3) is 0 Å². The van der Waals surface area contributed by atoms with Gasteiger partial charge in [0.15, 0.2) is 0 Å². The maximum Gasteiger partial charge on any atom is 0.326 e. The zero-order chi connectivity index (χ0) is 12.9. The first-order valence-electron chi connectivity index (χ1n) is 5.33. The molecule has 0 bridgehead atoms. The van der Waals surface area contributed by atoms with Crippen molar-refractivity contribution in [2.24, 2.45) is 5.73 Å². The molecule has 1 atom stereocenters. The SMILES string of the molecule is CCOc1cccc(OCC(C)(N)C(=O)O)c1. The second-order valence-electron chi connectivity index (χ2n) is 3.92. The third-order valence-corrected chi connectivity index (χ3v) is 2.14. The van der Waals surface area contributed by atoms with Gasteiger partial charge < -0.3 is 20.3 Å². The van der Waals surface area contributed by atoms with Gasteiger partial charge in [0, 0.05) is 6.07 Å². The molecule has 5 heteroatoms. The van der Waals surface area contributed by atoms with Gasteiger partial charge in [-0.25, -0.2) is 0 Å². The maximum absolute atomic E-state index is 10.8. The molecule has 0 saturated heterocycles. The van der Waals surface area contributed by atoms with Gasteiger partial charge in [-0.15, -0.1) is 0 Å². The average Bonchev–Trinajstić information content (AvgIpc) is 2.27. The molecule has 1 aromatic carbocycles. The number of hydrogen-bond donors (Lipinski definition) is 2. The van der Waals surface area contributed by atoms with Crippen LogP contribution < -0.4 is 15.2 Å². The predicted octanol–water partition coefficient (Wildman–Crippen LogP) is 1.27. The number of carbonyl (C=O) groups is 1. The largest absolute Gasteiger partial charge is 0.494 e. The van der Waals surface area contributed by atoms with Crippen molar-refractivity contribution >= 4 is 5.97 Å². The van der Waals surface area contributed by atoms with E-state index in [2.05, 4.69) is 0 Å². The van der Waals surface area contributed by atoms with Crippen molar-refractivity contribution in [3.8, 4) is 11.5 Å². The van der Waals surface area contributed by atoms with Crippen LogP contribution in [0, 0.1) is 0 Å². The second-order valence-corrected chi connectivity index (χ2v) is 3.92. The Labute approximate surface area is 100 Å². The first kappa shape index (κ1) is 13.3. The van der Waals surface area contributed by atoms with E-state index in [4.69, 9.17) is 20.3 Å². The molecule has 0 amide bonds. The Kier molecular flexibility index (Phi) is 4.34. The molecule has 0 aliphatic rings. The number of aliphatic carboxylic acids is 1. The topological polar surface area (TPSA) is 81.8 Å². The summed E-state index contributed by atoms with van der Waals surface area (Å²) in [7, 11) is 0. The molecular weight excluding hydrogens is 222 g/mol. The molecule has 1 unspecified atom stereocenters. The molecule has 0 aromatic heterocycles. The number of hydrogen-bond acceptors (Lipinski definition) is 4. The molecule has 0 radical (unpaired) electrons. The highest BCUT2D eigenvalue weighted by atomic mass is 16.5. The highest BCUT2D eigenvalue weighted by Crippen LogP contribution is 2.20. The molecule has 0 aliphatic heterocycles. The molecule has 3 N–H and O–H groups in total. The van der Waals surface area contributed by atoms with Crippen LogP contribution in [0.25, 0.3) is 0 Å². The number of carboxylic acid groups (broad SMARTS) is 1. The minimum Gasteiger partial charge on any atom is -0.494 e. The first-order valence-corrected chi connectivity index (χ1v) is 5.33. The van der Waals surface area contributed by atoms with Crippen LogP contribution in [0.3, 0.4) is 0 Å². The van der Waals surface area contributed by atoms with Crippen molar-refractivity contribution in [2.75, 3.05) is 13.2 Å². The summed E-state index contributed by atoms with van der Waals surface area (Å²) in [6.07, 6.45) is 0. The average molecular weight is 239 g/mol. The zero-order valence-corrected chi connectivity index (χ0v) is 9.97. The monoisotopic (exact) mass is 239 g/mol. The van der Waals surface area contributed by atoms with Gasteiger partial charge in [-0.05, 0) is 26.0 Å². The van der Waals surface area contributed by atoms with E-state index in [1.165, 1.54) is 6.92 Å². The van der Waals surface area contributed by atoms with Gasteiger partial charge in [-0.1, -0.05) is 6.07 Å². The van der Waals surface area contributed by atoms with Crippen LogP contribution in [0.15, 0.2) is 24.3 Å². The van der Waals surface area contributed by atoms with Crippen LogP contribution >= 0.6 is 0 Å². The summed E-state index contributed by atoms with van der Waals surface area (Å²) in [5, 5.41) is 8.83. The molecule has 17 heavy (non-hydrogen) atoms. The van der Waals surface area contributed by atoms with Crippen molar-refractivity contribution in [3.63, 3.8) is 0 Å². The van der Waals surface area contributed by atoms with Crippen LogP contribution in [-0.4, -0.2) is 29.8 Å². The molecule has 5 nitrogen and oxygen atoms in total. The Morgan fingerprint density at radius 3 is 2.53 bits per heavy atom. The van der Waals surface area contributed by atoms with E-state index in [1.54, 1.807) is 24.3 Å². The maximum atomic E-state index is 10.8. The smallest absolute Gasteiger partial charge is 0.326 e. The van der Waals surface area contributed by atoms with Gasteiger partial charge in [0.1, 0.15) is 23.6 Å². The number of benzene rings is 1. The van der Waals surface area contributed by atoms with Crippen LogP contribution in [0.5, 0.6) is 11.5 Å². The van der Waals surface area contributed by atoms with Crippen LogP contribution in [0.4, 0.5) is 0 Å². The third-order valence-electron chi connectivity index (χ3n) is 2.14. The lowest BCUT2D eigenvalue weighted by molar-refractivity contribution is -0.143. The Morgan fingerprint density at radius 2 is 2.00 bits per heavy atom. The number of carboxylic acids is 1. The van der Waals surface area contributed by atoms with E-state index >= 15 is 0 Å². The molecule has 0 saturated carbocycles. The molecule has 0 spiro atoms. The summed E-state index contributed by atoms with van der Waals surface area (Å²) in [5.41, 5.74) is 4.15. The lowest BCUT2D eigenvalue weighted by atomic mass is 10.1. The molecule has 0 aliphatic carbocycles. The van der Waals surface area contributed by atoms with Crippen molar-refractivity contribution in [3.05, 3.63) is 24.3 Å².